The first-order valence-electron chi connectivity index (χ1n) is 6.15. The molecule has 2 heteroatoms. The number of halogens is 1. The van der Waals surface area contributed by atoms with Crippen LogP contribution in [0.2, 0.25) is 0 Å². The van der Waals surface area contributed by atoms with Gasteiger partial charge in [-0.15, -0.1) is 0 Å². The summed E-state index contributed by atoms with van der Waals surface area (Å²) >= 11 is 0. The maximum atomic E-state index is 12.7. The predicted molar refractivity (Wildman–Crippen MR) is 64.9 cm³/mol. The molecule has 16 heavy (non-hydrogen) atoms. The van der Waals surface area contributed by atoms with E-state index in [9.17, 15) is 4.39 Å². The van der Waals surface area contributed by atoms with Crippen LogP contribution in [0.25, 0.3) is 0 Å². The normalized spacial score (nSPS) is 19.4. The van der Waals surface area contributed by atoms with Crippen LogP contribution in [0, 0.1) is 11.7 Å². The molecule has 0 heterocycles. The molecular formula is C14H20FN. The lowest BCUT2D eigenvalue weighted by atomic mass is 10.1. The summed E-state index contributed by atoms with van der Waals surface area (Å²) in [4.78, 5) is 0. The van der Waals surface area contributed by atoms with Crippen molar-refractivity contribution >= 4 is 0 Å². The highest BCUT2D eigenvalue weighted by Crippen LogP contribution is 2.32. The van der Waals surface area contributed by atoms with Crippen molar-refractivity contribution in [1.29, 1.82) is 0 Å². The number of benzene rings is 1. The Bertz CT molecular complexity index is 329. The standard InChI is InChI=1S/C14H20FN/c1-10(16-11(2)13-5-6-13)9-12-3-7-14(15)8-4-12/h3-4,7-8,10-11,13,16H,5-6,9H2,1-2H3. The van der Waals surface area contributed by atoms with E-state index in [-0.39, 0.29) is 5.82 Å². The first kappa shape index (κ1) is 11.6. The minimum Gasteiger partial charge on any atom is -0.311 e. The third kappa shape index (κ3) is 3.31. The Balaban J connectivity index is 1.81. The highest BCUT2D eigenvalue weighted by Gasteiger charge is 2.28. The van der Waals surface area contributed by atoms with Crippen LogP contribution >= 0.6 is 0 Å². The zero-order valence-corrected chi connectivity index (χ0v) is 10.0. The van der Waals surface area contributed by atoms with Gasteiger partial charge >= 0.3 is 0 Å². The van der Waals surface area contributed by atoms with Gasteiger partial charge in [0.1, 0.15) is 5.82 Å². The molecule has 0 aliphatic heterocycles. The van der Waals surface area contributed by atoms with E-state index < -0.39 is 0 Å². The number of hydrogen-bond acceptors (Lipinski definition) is 1. The third-order valence-corrected chi connectivity index (χ3v) is 3.33. The average Bonchev–Trinajstić information content (AvgIpc) is 3.04. The van der Waals surface area contributed by atoms with Crippen LogP contribution in [0.15, 0.2) is 24.3 Å². The number of nitrogens with one attached hydrogen (secondary N) is 1. The molecule has 1 aliphatic carbocycles. The Morgan fingerprint density at radius 3 is 2.44 bits per heavy atom. The van der Waals surface area contributed by atoms with Gasteiger partial charge in [0.15, 0.2) is 0 Å². The van der Waals surface area contributed by atoms with Gasteiger partial charge in [0.2, 0.25) is 0 Å². The largest absolute Gasteiger partial charge is 0.311 e. The first-order valence-corrected chi connectivity index (χ1v) is 6.15. The Labute approximate surface area is 97.1 Å². The second-order valence-electron chi connectivity index (χ2n) is 5.02. The summed E-state index contributed by atoms with van der Waals surface area (Å²) in [6.45, 7) is 4.46. The molecule has 0 aromatic heterocycles. The van der Waals surface area contributed by atoms with Gasteiger partial charge in [0.05, 0.1) is 0 Å². The lowest BCUT2D eigenvalue weighted by Crippen LogP contribution is -2.37. The van der Waals surface area contributed by atoms with Gasteiger partial charge in [-0.05, 0) is 56.7 Å². The van der Waals surface area contributed by atoms with Crippen LogP contribution in [-0.2, 0) is 6.42 Å². The average molecular weight is 221 g/mol. The zero-order valence-electron chi connectivity index (χ0n) is 10.0. The molecule has 0 amide bonds. The van der Waals surface area contributed by atoms with Crippen molar-refractivity contribution in [2.75, 3.05) is 0 Å². The zero-order chi connectivity index (χ0) is 11.5. The fraction of sp³-hybridized carbons (Fsp3) is 0.571. The van der Waals surface area contributed by atoms with Gasteiger partial charge < -0.3 is 5.32 Å². The van der Waals surface area contributed by atoms with Gasteiger partial charge in [-0.3, -0.25) is 0 Å². The van der Waals surface area contributed by atoms with Crippen LogP contribution in [-0.4, -0.2) is 12.1 Å². The molecular weight excluding hydrogens is 201 g/mol. The van der Waals surface area contributed by atoms with E-state index in [1.54, 1.807) is 0 Å². The summed E-state index contributed by atoms with van der Waals surface area (Å²) in [7, 11) is 0. The monoisotopic (exact) mass is 221 g/mol. The van der Waals surface area contributed by atoms with E-state index in [0.717, 1.165) is 12.3 Å². The summed E-state index contributed by atoms with van der Waals surface area (Å²) in [6.07, 6.45) is 3.71. The van der Waals surface area contributed by atoms with Crippen molar-refractivity contribution in [1.82, 2.24) is 5.32 Å². The fourth-order valence-corrected chi connectivity index (χ4v) is 2.21. The van der Waals surface area contributed by atoms with Crippen LogP contribution in [0.5, 0.6) is 0 Å². The lowest BCUT2D eigenvalue weighted by Gasteiger charge is -2.19. The second-order valence-corrected chi connectivity index (χ2v) is 5.02. The maximum absolute atomic E-state index is 12.7. The van der Waals surface area contributed by atoms with Crippen molar-refractivity contribution in [3.63, 3.8) is 0 Å². The number of rotatable bonds is 5. The molecule has 0 saturated heterocycles. The Hall–Kier alpha value is -0.890. The molecule has 0 spiro atoms. The smallest absolute Gasteiger partial charge is 0.123 e. The molecule has 88 valence electrons. The van der Waals surface area contributed by atoms with Crippen LogP contribution in [0.1, 0.15) is 32.3 Å². The lowest BCUT2D eigenvalue weighted by molar-refractivity contribution is 0.430. The third-order valence-electron chi connectivity index (χ3n) is 3.33. The fourth-order valence-electron chi connectivity index (χ4n) is 2.21. The van der Waals surface area contributed by atoms with Gasteiger partial charge in [-0.1, -0.05) is 12.1 Å². The predicted octanol–water partition coefficient (Wildman–Crippen LogP) is 3.14. The molecule has 0 radical (unpaired) electrons. The molecule has 2 unspecified atom stereocenters. The van der Waals surface area contributed by atoms with E-state index in [1.165, 1.54) is 30.5 Å². The van der Waals surface area contributed by atoms with Crippen LogP contribution in [0.3, 0.4) is 0 Å². The van der Waals surface area contributed by atoms with Crippen molar-refractivity contribution in [2.24, 2.45) is 5.92 Å². The van der Waals surface area contributed by atoms with Crippen molar-refractivity contribution in [2.45, 2.75) is 45.2 Å². The summed E-state index contributed by atoms with van der Waals surface area (Å²) < 4.78 is 12.7. The molecule has 1 nitrogen and oxygen atoms in total. The molecule has 1 aliphatic rings. The molecule has 1 fully saturated rings. The molecule has 1 aromatic rings. The van der Waals surface area contributed by atoms with E-state index in [4.69, 9.17) is 0 Å². The SMILES string of the molecule is CC(Cc1ccc(F)cc1)NC(C)C1CC1. The number of hydrogen-bond donors (Lipinski definition) is 1. The van der Waals surface area contributed by atoms with Crippen molar-refractivity contribution in [3.8, 4) is 0 Å². The van der Waals surface area contributed by atoms with E-state index >= 15 is 0 Å². The van der Waals surface area contributed by atoms with Crippen LogP contribution in [0.4, 0.5) is 4.39 Å². The minimum absolute atomic E-state index is 0.157. The molecule has 0 bridgehead atoms. The Morgan fingerprint density at radius 2 is 1.88 bits per heavy atom. The van der Waals surface area contributed by atoms with E-state index in [1.807, 2.05) is 12.1 Å². The minimum atomic E-state index is -0.157. The van der Waals surface area contributed by atoms with Crippen molar-refractivity contribution < 1.29 is 4.39 Å². The van der Waals surface area contributed by atoms with Gasteiger partial charge in [-0.2, -0.15) is 0 Å². The van der Waals surface area contributed by atoms with Gasteiger partial charge in [-0.25, -0.2) is 4.39 Å². The maximum Gasteiger partial charge on any atom is 0.123 e. The topological polar surface area (TPSA) is 12.0 Å². The van der Waals surface area contributed by atoms with Gasteiger partial charge in [0.25, 0.3) is 0 Å². The quantitative estimate of drug-likeness (QED) is 0.805. The molecule has 2 atom stereocenters. The summed E-state index contributed by atoms with van der Waals surface area (Å²) in [5.74, 6) is 0.728. The molecule has 1 aromatic carbocycles. The first-order chi connectivity index (χ1) is 7.65. The highest BCUT2D eigenvalue weighted by molar-refractivity contribution is 5.17. The van der Waals surface area contributed by atoms with E-state index in [2.05, 4.69) is 19.2 Å². The Morgan fingerprint density at radius 1 is 1.25 bits per heavy atom. The Kier molecular flexibility index (Phi) is 3.59. The molecule has 1 N–H and O–H groups in total. The van der Waals surface area contributed by atoms with Crippen LogP contribution < -0.4 is 5.32 Å². The summed E-state index contributed by atoms with van der Waals surface area (Å²) in [5.41, 5.74) is 1.20. The van der Waals surface area contributed by atoms with Crippen molar-refractivity contribution in [3.05, 3.63) is 35.6 Å². The highest BCUT2D eigenvalue weighted by atomic mass is 19.1. The van der Waals surface area contributed by atoms with Gasteiger partial charge in [0, 0.05) is 12.1 Å². The summed E-state index contributed by atoms with van der Waals surface area (Å²) in [5, 5.41) is 3.61. The second kappa shape index (κ2) is 4.96. The summed E-state index contributed by atoms with van der Waals surface area (Å²) in [6, 6.07) is 7.89. The molecule has 1 saturated carbocycles. The van der Waals surface area contributed by atoms with E-state index in [0.29, 0.717) is 12.1 Å². The molecule has 2 rings (SSSR count).